The Bertz CT molecular complexity index is 445. The zero-order valence-electron chi connectivity index (χ0n) is 11.9. The van der Waals surface area contributed by atoms with Crippen molar-refractivity contribution < 1.29 is 0 Å². The molecule has 1 aromatic rings. The van der Waals surface area contributed by atoms with E-state index in [0.717, 1.165) is 29.2 Å². The number of nitrogen functional groups attached to an aromatic ring is 1. The molecule has 2 bridgehead atoms. The van der Waals surface area contributed by atoms with Gasteiger partial charge in [0.2, 0.25) is 0 Å². The average molecular weight is 260 g/mol. The van der Waals surface area contributed by atoms with Gasteiger partial charge in [0.15, 0.2) is 0 Å². The normalized spacial score (nSPS) is 31.2. The number of nitrogens with two attached hydrogens (primary N) is 1. The first kappa shape index (κ1) is 12.7. The number of aryl methyl sites for hydroxylation is 1. The summed E-state index contributed by atoms with van der Waals surface area (Å²) in [5.41, 5.74) is 8.01. The second-order valence-corrected chi connectivity index (χ2v) is 6.11. The second-order valence-electron chi connectivity index (χ2n) is 6.11. The van der Waals surface area contributed by atoms with Crippen molar-refractivity contribution in [2.24, 2.45) is 0 Å². The molecule has 2 aliphatic rings. The van der Waals surface area contributed by atoms with E-state index in [0.29, 0.717) is 6.04 Å². The third-order valence-corrected chi connectivity index (χ3v) is 4.89. The molecule has 19 heavy (non-hydrogen) atoms. The predicted octanol–water partition coefficient (Wildman–Crippen LogP) is 2.40. The van der Waals surface area contributed by atoms with E-state index in [9.17, 15) is 0 Å². The molecule has 4 nitrogen and oxygen atoms in total. The van der Waals surface area contributed by atoms with Crippen LogP contribution in [0.5, 0.6) is 0 Å². The van der Waals surface area contributed by atoms with Crippen molar-refractivity contribution in [2.75, 3.05) is 18.1 Å². The number of rotatable bonds is 2. The minimum Gasteiger partial charge on any atom is -0.396 e. The van der Waals surface area contributed by atoms with Crippen LogP contribution in [0, 0.1) is 6.92 Å². The summed E-state index contributed by atoms with van der Waals surface area (Å²) in [7, 11) is 2.28. The summed E-state index contributed by atoms with van der Waals surface area (Å²) in [4.78, 5) is 6.97. The van der Waals surface area contributed by atoms with E-state index in [2.05, 4.69) is 22.2 Å². The highest BCUT2D eigenvalue weighted by Crippen LogP contribution is 2.34. The number of aromatic nitrogens is 1. The summed E-state index contributed by atoms with van der Waals surface area (Å²) in [5.74, 6) is 0.868. The van der Waals surface area contributed by atoms with Crippen molar-refractivity contribution in [2.45, 2.75) is 57.2 Å². The number of hydrogen-bond acceptors (Lipinski definition) is 4. The Labute approximate surface area is 115 Å². The molecule has 0 aliphatic carbocycles. The minimum absolute atomic E-state index is 0.517. The molecule has 0 saturated carbocycles. The van der Waals surface area contributed by atoms with Crippen LogP contribution in [0.3, 0.4) is 0 Å². The van der Waals surface area contributed by atoms with Gasteiger partial charge in [-0.1, -0.05) is 6.42 Å². The van der Waals surface area contributed by atoms with E-state index in [4.69, 9.17) is 5.73 Å². The molecule has 3 N–H and O–H groups in total. The van der Waals surface area contributed by atoms with Gasteiger partial charge in [-0.15, -0.1) is 0 Å². The van der Waals surface area contributed by atoms with Crippen molar-refractivity contribution >= 4 is 11.5 Å². The third kappa shape index (κ3) is 2.41. The lowest BCUT2D eigenvalue weighted by molar-refractivity contribution is 0.0608. The first-order valence-electron chi connectivity index (χ1n) is 7.34. The SMILES string of the molecule is Cc1ccnc(NC2CC3CCCC(C2)N3C)c1N. The van der Waals surface area contributed by atoms with E-state index < -0.39 is 0 Å². The smallest absolute Gasteiger partial charge is 0.149 e. The molecule has 1 aromatic heterocycles. The van der Waals surface area contributed by atoms with E-state index in [1.165, 1.54) is 32.1 Å². The highest BCUT2D eigenvalue weighted by molar-refractivity contribution is 5.65. The van der Waals surface area contributed by atoms with Crippen molar-refractivity contribution in [3.8, 4) is 0 Å². The first-order chi connectivity index (χ1) is 9.15. The standard InChI is InChI=1S/C15H24N4/c1-10-6-7-17-15(14(10)16)18-11-8-12-4-3-5-13(9-11)19(12)2/h6-7,11-13H,3-5,8-9,16H2,1-2H3,(H,17,18). The summed E-state index contributed by atoms with van der Waals surface area (Å²) in [6, 6.07) is 3.94. The Morgan fingerprint density at radius 1 is 1.32 bits per heavy atom. The molecular formula is C15H24N4. The van der Waals surface area contributed by atoms with Crippen molar-refractivity contribution in [1.82, 2.24) is 9.88 Å². The molecular weight excluding hydrogens is 236 g/mol. The van der Waals surface area contributed by atoms with Gasteiger partial charge in [-0.3, -0.25) is 0 Å². The lowest BCUT2D eigenvalue weighted by Crippen LogP contribution is -2.52. The molecule has 2 saturated heterocycles. The number of anilines is 2. The van der Waals surface area contributed by atoms with Crippen LogP contribution < -0.4 is 11.1 Å². The van der Waals surface area contributed by atoms with Crippen LogP contribution >= 0.6 is 0 Å². The highest BCUT2D eigenvalue weighted by Gasteiger charge is 2.36. The Kier molecular flexibility index (Phi) is 3.35. The van der Waals surface area contributed by atoms with Crippen molar-refractivity contribution in [3.05, 3.63) is 17.8 Å². The van der Waals surface area contributed by atoms with Gasteiger partial charge in [0, 0.05) is 24.3 Å². The fourth-order valence-electron chi connectivity index (χ4n) is 3.61. The second kappa shape index (κ2) is 5.00. The lowest BCUT2D eigenvalue weighted by atomic mass is 9.82. The number of piperidine rings is 2. The molecule has 0 radical (unpaired) electrons. The summed E-state index contributed by atoms with van der Waals surface area (Å²) in [5, 5.41) is 3.58. The maximum atomic E-state index is 6.11. The predicted molar refractivity (Wildman–Crippen MR) is 79.2 cm³/mol. The zero-order valence-corrected chi connectivity index (χ0v) is 11.9. The molecule has 104 valence electrons. The van der Waals surface area contributed by atoms with Gasteiger partial charge in [-0.05, 0) is 51.3 Å². The Morgan fingerprint density at radius 3 is 2.68 bits per heavy atom. The maximum Gasteiger partial charge on any atom is 0.149 e. The molecule has 0 spiro atoms. The summed E-state index contributed by atoms with van der Waals surface area (Å²) < 4.78 is 0. The fourth-order valence-corrected chi connectivity index (χ4v) is 3.61. The molecule has 2 atom stereocenters. The number of nitrogens with one attached hydrogen (secondary N) is 1. The van der Waals surface area contributed by atoms with Crippen LogP contribution in [-0.2, 0) is 0 Å². The monoisotopic (exact) mass is 260 g/mol. The van der Waals surface area contributed by atoms with Gasteiger partial charge in [0.25, 0.3) is 0 Å². The largest absolute Gasteiger partial charge is 0.396 e. The summed E-state index contributed by atoms with van der Waals surface area (Å²) in [6.07, 6.45) is 8.31. The Hall–Kier alpha value is -1.29. The molecule has 3 heterocycles. The zero-order chi connectivity index (χ0) is 13.4. The minimum atomic E-state index is 0.517. The summed E-state index contributed by atoms with van der Waals surface area (Å²) >= 11 is 0. The van der Waals surface area contributed by atoms with Crippen LogP contribution in [0.2, 0.25) is 0 Å². The number of fused-ring (bicyclic) bond motifs is 2. The molecule has 0 aromatic carbocycles. The molecule has 0 amide bonds. The molecule has 4 heteroatoms. The third-order valence-electron chi connectivity index (χ3n) is 4.89. The molecule has 2 unspecified atom stereocenters. The van der Waals surface area contributed by atoms with Crippen molar-refractivity contribution in [1.29, 1.82) is 0 Å². The first-order valence-corrected chi connectivity index (χ1v) is 7.34. The van der Waals surface area contributed by atoms with E-state index >= 15 is 0 Å². The lowest BCUT2D eigenvalue weighted by Gasteiger charge is -2.47. The Balaban J connectivity index is 1.72. The van der Waals surface area contributed by atoms with Gasteiger partial charge in [-0.25, -0.2) is 4.98 Å². The quantitative estimate of drug-likeness (QED) is 0.857. The molecule has 3 rings (SSSR count). The average Bonchev–Trinajstić information content (AvgIpc) is 2.36. The number of pyridine rings is 1. The van der Waals surface area contributed by atoms with Gasteiger partial charge >= 0.3 is 0 Å². The van der Waals surface area contributed by atoms with E-state index in [-0.39, 0.29) is 0 Å². The summed E-state index contributed by atoms with van der Waals surface area (Å²) in [6.45, 7) is 2.03. The molecule has 2 aliphatic heterocycles. The van der Waals surface area contributed by atoms with Crippen LogP contribution in [0.25, 0.3) is 0 Å². The molecule has 2 fully saturated rings. The van der Waals surface area contributed by atoms with Crippen LogP contribution in [0.1, 0.15) is 37.7 Å². The van der Waals surface area contributed by atoms with Gasteiger partial charge in [0.1, 0.15) is 5.82 Å². The Morgan fingerprint density at radius 2 is 2.00 bits per heavy atom. The van der Waals surface area contributed by atoms with Gasteiger partial charge in [-0.2, -0.15) is 0 Å². The van der Waals surface area contributed by atoms with E-state index in [1.807, 2.05) is 19.2 Å². The van der Waals surface area contributed by atoms with Gasteiger partial charge < -0.3 is 16.0 Å². The van der Waals surface area contributed by atoms with Crippen LogP contribution in [-0.4, -0.2) is 35.1 Å². The maximum absolute atomic E-state index is 6.11. The van der Waals surface area contributed by atoms with Crippen molar-refractivity contribution in [3.63, 3.8) is 0 Å². The number of hydrogen-bond donors (Lipinski definition) is 2. The van der Waals surface area contributed by atoms with Crippen LogP contribution in [0.15, 0.2) is 12.3 Å². The fraction of sp³-hybridized carbons (Fsp3) is 0.667. The van der Waals surface area contributed by atoms with E-state index in [1.54, 1.807) is 0 Å². The number of nitrogens with zero attached hydrogens (tertiary/aromatic N) is 2. The highest BCUT2D eigenvalue weighted by atomic mass is 15.2. The van der Waals surface area contributed by atoms with Crippen LogP contribution in [0.4, 0.5) is 11.5 Å². The topological polar surface area (TPSA) is 54.2 Å². The van der Waals surface area contributed by atoms with Gasteiger partial charge in [0.05, 0.1) is 5.69 Å².